The van der Waals surface area contributed by atoms with E-state index < -0.39 is 29.7 Å². The van der Waals surface area contributed by atoms with Crippen LogP contribution in [0.25, 0.3) is 11.1 Å². The average Bonchev–Trinajstić information content (AvgIpc) is 3.05. The zero-order valence-corrected chi connectivity index (χ0v) is 19.6. The number of aliphatic hydroxyl groups excluding tert-OH is 1. The van der Waals surface area contributed by atoms with Gasteiger partial charge in [-0.3, -0.25) is 9.59 Å². The van der Waals surface area contributed by atoms with Crippen LogP contribution in [-0.2, 0) is 11.3 Å². The summed E-state index contributed by atoms with van der Waals surface area (Å²) < 4.78 is 15.0. The Bertz CT molecular complexity index is 1130. The van der Waals surface area contributed by atoms with Gasteiger partial charge in [0.1, 0.15) is 5.82 Å². The van der Waals surface area contributed by atoms with E-state index in [1.54, 1.807) is 33.7 Å². The Morgan fingerprint density at radius 1 is 1.18 bits per heavy atom. The minimum absolute atomic E-state index is 0.114. The molecule has 0 unspecified atom stereocenters. The van der Waals surface area contributed by atoms with Crippen LogP contribution < -0.4 is 16.2 Å². The first-order chi connectivity index (χ1) is 16.3. The van der Waals surface area contributed by atoms with Crippen molar-refractivity contribution in [2.75, 3.05) is 13.2 Å². The summed E-state index contributed by atoms with van der Waals surface area (Å²) in [6.07, 6.45) is 0.755. The van der Waals surface area contributed by atoms with E-state index >= 15 is 0 Å². The van der Waals surface area contributed by atoms with E-state index in [0.717, 1.165) is 6.42 Å². The number of halogens is 1. The van der Waals surface area contributed by atoms with E-state index in [1.165, 1.54) is 12.1 Å². The summed E-state index contributed by atoms with van der Waals surface area (Å²) in [7, 11) is 0. The van der Waals surface area contributed by atoms with E-state index in [-0.39, 0.29) is 36.7 Å². The number of hydrogen-bond donors (Lipinski definition) is 3. The van der Waals surface area contributed by atoms with Gasteiger partial charge in [-0.1, -0.05) is 19.1 Å². The molecule has 2 aliphatic heterocycles. The number of carbonyl (C=O) groups excluding carboxylic acids is 2. The van der Waals surface area contributed by atoms with Gasteiger partial charge in [0.05, 0.1) is 18.0 Å². The van der Waals surface area contributed by atoms with Gasteiger partial charge in [0.25, 0.3) is 5.56 Å². The van der Waals surface area contributed by atoms with Crippen LogP contribution in [0.1, 0.15) is 38.9 Å². The van der Waals surface area contributed by atoms with Crippen molar-refractivity contribution in [1.82, 2.24) is 20.1 Å². The molecule has 1 saturated heterocycles. The van der Waals surface area contributed by atoms with Gasteiger partial charge in [0.15, 0.2) is 0 Å². The summed E-state index contributed by atoms with van der Waals surface area (Å²) in [5.74, 6) is -1.84. The van der Waals surface area contributed by atoms with Gasteiger partial charge >= 0.3 is 6.03 Å². The molecule has 1 aromatic heterocycles. The molecule has 8 nitrogen and oxygen atoms in total. The van der Waals surface area contributed by atoms with Crippen LogP contribution in [0.3, 0.4) is 0 Å². The number of urea groups is 1. The highest BCUT2D eigenvalue weighted by Crippen LogP contribution is 2.48. The van der Waals surface area contributed by atoms with Crippen molar-refractivity contribution in [2.24, 2.45) is 11.8 Å². The third-order valence-electron chi connectivity index (χ3n) is 6.70. The lowest BCUT2D eigenvalue weighted by molar-refractivity contribution is -0.127. The van der Waals surface area contributed by atoms with Crippen molar-refractivity contribution in [3.05, 3.63) is 58.3 Å². The number of fused-ring (bicyclic) bond motifs is 4. The lowest BCUT2D eigenvalue weighted by Gasteiger charge is -2.38. The maximum Gasteiger partial charge on any atom is 0.318 e. The average molecular weight is 471 g/mol. The second-order valence-electron chi connectivity index (χ2n) is 9.28. The van der Waals surface area contributed by atoms with Crippen LogP contribution in [0, 0.1) is 17.7 Å². The molecule has 1 aromatic carbocycles. The number of amides is 3. The summed E-state index contributed by atoms with van der Waals surface area (Å²) in [4.78, 5) is 41.6. The van der Waals surface area contributed by atoms with E-state index in [9.17, 15) is 23.9 Å². The maximum absolute atomic E-state index is 13.5. The fraction of sp³-hybridized carbons (Fsp3) is 0.480. The molecule has 3 N–H and O–H groups in total. The standard InChI is InChI=1S/C25H31FN4O4/c1-4-11-27-23(32)21-18(13-31)20-12-29-19(22(21)30(20)25(34)28-14(2)3)10-9-17(24(29)33)15-5-7-16(26)8-6-15/h5-10,14,18,20-22,31H,4,11-13H2,1-3H3,(H,27,32)(H,28,34)/t18-,20-,21+,22+/m1/s1. The normalized spacial score (nSPS) is 23.1. The highest BCUT2D eigenvalue weighted by atomic mass is 19.1. The Morgan fingerprint density at radius 3 is 2.50 bits per heavy atom. The molecule has 3 heterocycles. The lowest BCUT2D eigenvalue weighted by atomic mass is 9.86. The van der Waals surface area contributed by atoms with E-state index in [4.69, 9.17) is 0 Å². The Balaban J connectivity index is 1.83. The second kappa shape index (κ2) is 9.58. The molecule has 4 atom stereocenters. The first-order valence-electron chi connectivity index (χ1n) is 11.8. The monoisotopic (exact) mass is 470 g/mol. The highest BCUT2D eigenvalue weighted by Gasteiger charge is 2.57. The van der Waals surface area contributed by atoms with Crippen LogP contribution in [0.4, 0.5) is 9.18 Å². The van der Waals surface area contributed by atoms with Crippen LogP contribution in [0.15, 0.2) is 41.2 Å². The van der Waals surface area contributed by atoms with Crippen molar-refractivity contribution in [2.45, 2.75) is 51.9 Å². The number of carbonyl (C=O) groups is 2. The van der Waals surface area contributed by atoms with Crippen molar-refractivity contribution >= 4 is 11.9 Å². The molecule has 2 aliphatic rings. The quantitative estimate of drug-likeness (QED) is 0.603. The van der Waals surface area contributed by atoms with Gasteiger partial charge < -0.3 is 25.2 Å². The minimum Gasteiger partial charge on any atom is -0.396 e. The second-order valence-corrected chi connectivity index (χ2v) is 9.28. The highest BCUT2D eigenvalue weighted by molar-refractivity contribution is 5.84. The van der Waals surface area contributed by atoms with Gasteiger partial charge in [0, 0.05) is 42.9 Å². The van der Waals surface area contributed by atoms with Gasteiger partial charge in [-0.15, -0.1) is 0 Å². The molecule has 0 aliphatic carbocycles. The molecule has 9 heteroatoms. The van der Waals surface area contributed by atoms with Crippen molar-refractivity contribution in [1.29, 1.82) is 0 Å². The van der Waals surface area contributed by atoms with Gasteiger partial charge in [0.2, 0.25) is 5.91 Å². The number of aliphatic hydroxyl groups is 1. The van der Waals surface area contributed by atoms with Gasteiger partial charge in [-0.25, -0.2) is 9.18 Å². The van der Waals surface area contributed by atoms with Crippen LogP contribution >= 0.6 is 0 Å². The van der Waals surface area contributed by atoms with Crippen LogP contribution in [0.5, 0.6) is 0 Å². The number of rotatable bonds is 6. The molecule has 3 amide bonds. The zero-order valence-electron chi connectivity index (χ0n) is 19.6. The molecular weight excluding hydrogens is 439 g/mol. The Morgan fingerprint density at radius 2 is 1.88 bits per heavy atom. The molecule has 4 rings (SSSR count). The molecule has 0 radical (unpaired) electrons. The first-order valence-corrected chi connectivity index (χ1v) is 11.8. The summed E-state index contributed by atoms with van der Waals surface area (Å²) in [5, 5.41) is 16.1. The number of pyridine rings is 1. The maximum atomic E-state index is 13.5. The number of hydrogen-bond acceptors (Lipinski definition) is 4. The van der Waals surface area contributed by atoms with E-state index in [1.807, 2.05) is 20.8 Å². The molecular formula is C25H31FN4O4. The van der Waals surface area contributed by atoms with Crippen molar-refractivity contribution in [3.63, 3.8) is 0 Å². The fourth-order valence-electron chi connectivity index (χ4n) is 5.22. The van der Waals surface area contributed by atoms with Crippen molar-refractivity contribution in [3.8, 4) is 11.1 Å². The fourth-order valence-corrected chi connectivity index (χ4v) is 5.22. The Labute approximate surface area is 197 Å². The number of nitrogens with zero attached hydrogens (tertiary/aromatic N) is 2. The predicted molar refractivity (Wildman–Crippen MR) is 125 cm³/mol. The van der Waals surface area contributed by atoms with Crippen molar-refractivity contribution < 1.29 is 19.1 Å². The number of nitrogens with one attached hydrogen (secondary N) is 2. The van der Waals surface area contributed by atoms with E-state index in [0.29, 0.717) is 23.4 Å². The summed E-state index contributed by atoms with van der Waals surface area (Å²) in [5.41, 5.74) is 1.29. The SMILES string of the molecule is CCCNC(=O)[C@H]1[C@H](CO)[C@H]2Cn3c(ccc(-c4ccc(F)cc4)c3=O)[C@@H]1N2C(=O)NC(C)C. The molecule has 2 bridgehead atoms. The molecule has 182 valence electrons. The zero-order chi connectivity index (χ0) is 24.6. The first kappa shape index (κ1) is 23.9. The largest absolute Gasteiger partial charge is 0.396 e. The number of benzene rings is 1. The Kier molecular flexibility index (Phi) is 6.74. The summed E-state index contributed by atoms with van der Waals surface area (Å²) in [6.45, 7) is 6.01. The lowest BCUT2D eigenvalue weighted by Crippen LogP contribution is -2.53. The van der Waals surface area contributed by atoms with Gasteiger partial charge in [-0.2, -0.15) is 0 Å². The molecule has 0 saturated carbocycles. The molecule has 2 aromatic rings. The molecule has 1 fully saturated rings. The van der Waals surface area contributed by atoms with E-state index in [2.05, 4.69) is 10.6 Å². The summed E-state index contributed by atoms with van der Waals surface area (Å²) in [6, 6.07) is 7.47. The number of aromatic nitrogens is 1. The summed E-state index contributed by atoms with van der Waals surface area (Å²) >= 11 is 0. The van der Waals surface area contributed by atoms with Gasteiger partial charge in [-0.05, 0) is 50.1 Å². The topological polar surface area (TPSA) is 104 Å². The molecule has 0 spiro atoms. The molecule has 34 heavy (non-hydrogen) atoms. The minimum atomic E-state index is -0.693. The smallest absolute Gasteiger partial charge is 0.318 e. The van der Waals surface area contributed by atoms with Crippen LogP contribution in [0.2, 0.25) is 0 Å². The van der Waals surface area contributed by atoms with Crippen LogP contribution in [-0.4, -0.2) is 51.7 Å². The Hall–Kier alpha value is -3.20. The third kappa shape index (κ3) is 4.09. The predicted octanol–water partition coefficient (Wildman–Crippen LogP) is 2.26. The third-order valence-corrected chi connectivity index (χ3v) is 6.70.